The number of benzene rings is 2. The Balaban J connectivity index is 1.68. The van der Waals surface area contributed by atoms with E-state index in [1.807, 2.05) is 18.2 Å². The maximum Gasteiger partial charge on any atom is 0.226 e. The molecule has 0 spiro atoms. The minimum absolute atomic E-state index is 0.00180. The smallest absolute Gasteiger partial charge is 0.226 e. The third kappa shape index (κ3) is 4.40. The van der Waals surface area contributed by atoms with Crippen LogP contribution in [0.1, 0.15) is 29.7 Å². The first-order chi connectivity index (χ1) is 13.2. The van der Waals surface area contributed by atoms with Crippen LogP contribution in [-0.2, 0) is 17.8 Å². The third-order valence-corrected chi connectivity index (χ3v) is 5.01. The Labute approximate surface area is 160 Å². The van der Waals surface area contributed by atoms with Gasteiger partial charge < -0.3 is 14.8 Å². The van der Waals surface area contributed by atoms with Crippen molar-refractivity contribution < 1.29 is 14.3 Å². The van der Waals surface area contributed by atoms with Crippen molar-refractivity contribution in [2.45, 2.75) is 25.9 Å². The molecule has 2 unspecified atom stereocenters. The molecular formula is C21H27N3O3. The molecule has 0 aromatic heterocycles. The lowest BCUT2D eigenvalue weighted by Crippen LogP contribution is -2.34. The summed E-state index contributed by atoms with van der Waals surface area (Å²) in [5.41, 5.74) is 9.62. The van der Waals surface area contributed by atoms with Crippen molar-refractivity contribution in [1.29, 1.82) is 0 Å². The number of amides is 1. The van der Waals surface area contributed by atoms with Crippen LogP contribution in [0.4, 0.5) is 0 Å². The molecule has 1 heterocycles. The van der Waals surface area contributed by atoms with Gasteiger partial charge in [0.05, 0.1) is 26.2 Å². The molecule has 1 fully saturated rings. The van der Waals surface area contributed by atoms with E-state index in [9.17, 15) is 4.79 Å². The van der Waals surface area contributed by atoms with Crippen molar-refractivity contribution in [3.63, 3.8) is 0 Å². The molecule has 27 heavy (non-hydrogen) atoms. The molecule has 144 valence electrons. The van der Waals surface area contributed by atoms with Crippen LogP contribution in [0.25, 0.3) is 0 Å². The first-order valence-corrected chi connectivity index (χ1v) is 9.22. The van der Waals surface area contributed by atoms with Crippen molar-refractivity contribution in [1.82, 2.24) is 16.2 Å². The van der Waals surface area contributed by atoms with Crippen LogP contribution in [0.15, 0.2) is 42.5 Å². The van der Waals surface area contributed by atoms with Crippen LogP contribution in [-0.4, -0.2) is 26.7 Å². The van der Waals surface area contributed by atoms with Gasteiger partial charge in [-0.3, -0.25) is 10.2 Å². The fourth-order valence-corrected chi connectivity index (χ4v) is 3.35. The number of carbonyl (C=O) groups excluding carboxylic acids is 1. The highest BCUT2D eigenvalue weighted by Crippen LogP contribution is 2.27. The maximum atomic E-state index is 12.8. The highest BCUT2D eigenvalue weighted by molar-refractivity contribution is 5.80. The van der Waals surface area contributed by atoms with E-state index in [-0.39, 0.29) is 17.9 Å². The van der Waals surface area contributed by atoms with E-state index in [4.69, 9.17) is 9.47 Å². The molecule has 2 aromatic rings. The van der Waals surface area contributed by atoms with E-state index in [1.165, 1.54) is 5.56 Å². The number of hydrazine groups is 1. The zero-order chi connectivity index (χ0) is 19.2. The zero-order valence-corrected chi connectivity index (χ0v) is 16.0. The Morgan fingerprint density at radius 3 is 2.59 bits per heavy atom. The molecule has 6 heteroatoms. The van der Waals surface area contributed by atoms with Gasteiger partial charge in [-0.15, -0.1) is 0 Å². The average Bonchev–Trinajstić information content (AvgIpc) is 3.21. The monoisotopic (exact) mass is 369 g/mol. The number of rotatable bonds is 7. The minimum Gasteiger partial charge on any atom is -0.497 e. The highest BCUT2D eigenvalue weighted by atomic mass is 16.5. The predicted octanol–water partition coefficient (Wildman–Crippen LogP) is 2.35. The largest absolute Gasteiger partial charge is 0.497 e. The quantitative estimate of drug-likeness (QED) is 0.699. The number of aryl methyl sites for hydroxylation is 1. The number of methoxy groups -OCH3 is 2. The minimum atomic E-state index is -0.186. The van der Waals surface area contributed by atoms with Gasteiger partial charge in [0.25, 0.3) is 0 Å². The normalized spacial score (nSPS) is 18.9. The summed E-state index contributed by atoms with van der Waals surface area (Å²) in [5, 5.41) is 3.03. The van der Waals surface area contributed by atoms with Gasteiger partial charge in [0.2, 0.25) is 5.91 Å². The average molecular weight is 369 g/mol. The van der Waals surface area contributed by atoms with Crippen molar-refractivity contribution in [3.8, 4) is 11.5 Å². The van der Waals surface area contributed by atoms with Crippen molar-refractivity contribution >= 4 is 5.91 Å². The van der Waals surface area contributed by atoms with Crippen LogP contribution in [0.5, 0.6) is 11.5 Å². The first-order valence-electron chi connectivity index (χ1n) is 9.22. The lowest BCUT2D eigenvalue weighted by molar-refractivity contribution is -0.125. The second kappa shape index (κ2) is 8.88. The van der Waals surface area contributed by atoms with Gasteiger partial charge in [-0.25, -0.2) is 5.43 Å². The predicted molar refractivity (Wildman–Crippen MR) is 105 cm³/mol. The lowest BCUT2D eigenvalue weighted by Gasteiger charge is -2.19. The van der Waals surface area contributed by atoms with Gasteiger partial charge >= 0.3 is 0 Å². The van der Waals surface area contributed by atoms with E-state index < -0.39 is 0 Å². The van der Waals surface area contributed by atoms with Gasteiger partial charge in [-0.2, -0.15) is 0 Å². The molecule has 0 radical (unpaired) electrons. The second-order valence-corrected chi connectivity index (χ2v) is 6.60. The van der Waals surface area contributed by atoms with Crippen LogP contribution >= 0.6 is 0 Å². The number of nitrogens with one attached hydrogen (secondary N) is 3. The molecular weight excluding hydrogens is 342 g/mol. The van der Waals surface area contributed by atoms with E-state index in [1.54, 1.807) is 14.2 Å². The molecule has 1 aliphatic rings. The Bertz CT molecular complexity index is 777. The molecule has 3 rings (SSSR count). The SMILES string of the molecule is CCc1ccc(C2NNCC2C(=O)NCc2cc(OC)ccc2OC)cc1. The van der Waals surface area contributed by atoms with Gasteiger partial charge in [0.15, 0.2) is 0 Å². The number of hydrogen-bond donors (Lipinski definition) is 3. The summed E-state index contributed by atoms with van der Waals surface area (Å²) in [5.74, 6) is 1.28. The van der Waals surface area contributed by atoms with E-state index in [0.29, 0.717) is 13.1 Å². The summed E-state index contributed by atoms with van der Waals surface area (Å²) in [7, 11) is 3.24. The summed E-state index contributed by atoms with van der Waals surface area (Å²) in [6.45, 7) is 3.10. The first kappa shape index (κ1) is 19.2. The second-order valence-electron chi connectivity index (χ2n) is 6.60. The van der Waals surface area contributed by atoms with Crippen molar-refractivity contribution in [2.75, 3.05) is 20.8 Å². The summed E-state index contributed by atoms with van der Waals surface area (Å²) in [6, 6.07) is 13.9. The molecule has 3 N–H and O–H groups in total. The fourth-order valence-electron chi connectivity index (χ4n) is 3.35. The van der Waals surface area contributed by atoms with Crippen LogP contribution in [0.2, 0.25) is 0 Å². The van der Waals surface area contributed by atoms with Crippen LogP contribution in [0, 0.1) is 5.92 Å². The number of hydrogen-bond acceptors (Lipinski definition) is 5. The van der Waals surface area contributed by atoms with Gasteiger partial charge in [-0.05, 0) is 35.7 Å². The Morgan fingerprint density at radius 2 is 1.93 bits per heavy atom. The maximum absolute atomic E-state index is 12.8. The summed E-state index contributed by atoms with van der Waals surface area (Å²) < 4.78 is 10.6. The number of carbonyl (C=O) groups is 1. The molecule has 0 bridgehead atoms. The van der Waals surface area contributed by atoms with Gasteiger partial charge in [0, 0.05) is 18.7 Å². The Morgan fingerprint density at radius 1 is 1.15 bits per heavy atom. The molecule has 1 saturated heterocycles. The summed E-state index contributed by atoms with van der Waals surface area (Å²) in [4.78, 5) is 12.8. The third-order valence-electron chi connectivity index (χ3n) is 5.01. The van der Waals surface area contributed by atoms with Gasteiger partial charge in [-0.1, -0.05) is 31.2 Å². The standard InChI is InChI=1S/C21H27N3O3/c1-4-14-5-7-15(8-6-14)20-18(13-23-24-20)21(25)22-12-16-11-17(26-2)9-10-19(16)27-3/h5-11,18,20,23-24H,4,12-13H2,1-3H3,(H,22,25). The molecule has 0 saturated carbocycles. The molecule has 2 aromatic carbocycles. The topological polar surface area (TPSA) is 71.6 Å². The number of ether oxygens (including phenoxy) is 2. The molecule has 1 amide bonds. The van der Waals surface area contributed by atoms with E-state index in [2.05, 4.69) is 47.4 Å². The Kier molecular flexibility index (Phi) is 6.32. The Hall–Kier alpha value is -2.57. The highest BCUT2D eigenvalue weighted by Gasteiger charge is 2.33. The van der Waals surface area contributed by atoms with Crippen molar-refractivity contribution in [2.24, 2.45) is 5.92 Å². The summed E-state index contributed by atoms with van der Waals surface area (Å²) in [6.07, 6.45) is 1.00. The van der Waals surface area contributed by atoms with Gasteiger partial charge in [0.1, 0.15) is 11.5 Å². The van der Waals surface area contributed by atoms with Crippen LogP contribution in [0.3, 0.4) is 0 Å². The van der Waals surface area contributed by atoms with Crippen LogP contribution < -0.4 is 25.6 Å². The van der Waals surface area contributed by atoms with Crippen molar-refractivity contribution in [3.05, 3.63) is 59.2 Å². The lowest BCUT2D eigenvalue weighted by atomic mass is 9.93. The zero-order valence-electron chi connectivity index (χ0n) is 16.0. The molecule has 6 nitrogen and oxygen atoms in total. The molecule has 2 atom stereocenters. The molecule has 0 aliphatic carbocycles. The summed E-state index contributed by atoms with van der Waals surface area (Å²) >= 11 is 0. The fraction of sp³-hybridized carbons (Fsp3) is 0.381. The van der Waals surface area contributed by atoms with E-state index in [0.717, 1.165) is 29.0 Å². The molecule has 1 aliphatic heterocycles. The van der Waals surface area contributed by atoms with E-state index >= 15 is 0 Å².